The van der Waals surface area contributed by atoms with Crippen LogP contribution in [0.3, 0.4) is 0 Å². The van der Waals surface area contributed by atoms with Crippen LogP contribution in [0.4, 0.5) is 14.5 Å². The SMILES string of the molecule is Cc1cc(C(F)F)nc(C2CC2)c1Oc1nc(-c2cncc(C#N)c2)ccc1N(C)S(=O)(=O)C1CC1. The summed E-state index contributed by atoms with van der Waals surface area (Å²) in [6.07, 6.45) is 3.03. The van der Waals surface area contributed by atoms with Crippen molar-refractivity contribution in [2.45, 2.75) is 50.2 Å². The summed E-state index contributed by atoms with van der Waals surface area (Å²) in [4.78, 5) is 12.8. The second-order valence-electron chi connectivity index (χ2n) is 9.06. The molecule has 3 aromatic heterocycles. The monoisotopic (exact) mass is 511 g/mol. The van der Waals surface area contributed by atoms with Gasteiger partial charge in [0.1, 0.15) is 17.5 Å². The van der Waals surface area contributed by atoms with Gasteiger partial charge in [0.05, 0.1) is 22.2 Å². The van der Waals surface area contributed by atoms with E-state index in [0.29, 0.717) is 46.7 Å². The van der Waals surface area contributed by atoms with Crippen molar-refractivity contribution in [2.75, 3.05) is 11.4 Å². The summed E-state index contributed by atoms with van der Waals surface area (Å²) in [5.41, 5.74) is 2.07. The highest BCUT2D eigenvalue weighted by atomic mass is 32.2. The first-order chi connectivity index (χ1) is 17.2. The van der Waals surface area contributed by atoms with Gasteiger partial charge in [0.2, 0.25) is 15.9 Å². The van der Waals surface area contributed by atoms with Gasteiger partial charge < -0.3 is 4.74 Å². The summed E-state index contributed by atoms with van der Waals surface area (Å²) in [5.74, 6) is 0.292. The van der Waals surface area contributed by atoms with Gasteiger partial charge in [-0.2, -0.15) is 5.26 Å². The maximum absolute atomic E-state index is 13.4. The molecular formula is C25H23F2N5O3S. The Hall–Kier alpha value is -3.65. The van der Waals surface area contributed by atoms with Crippen molar-refractivity contribution in [3.8, 4) is 29.0 Å². The first-order valence-electron chi connectivity index (χ1n) is 11.5. The minimum Gasteiger partial charge on any atom is -0.435 e. The summed E-state index contributed by atoms with van der Waals surface area (Å²) in [6, 6.07) is 8.14. The van der Waals surface area contributed by atoms with E-state index in [0.717, 1.165) is 17.1 Å². The Labute approximate surface area is 207 Å². The van der Waals surface area contributed by atoms with Crippen molar-refractivity contribution in [1.82, 2.24) is 15.0 Å². The molecule has 36 heavy (non-hydrogen) atoms. The number of rotatable bonds is 8. The Morgan fingerprint density at radius 1 is 1.14 bits per heavy atom. The molecule has 0 spiro atoms. The highest BCUT2D eigenvalue weighted by molar-refractivity contribution is 7.93. The molecule has 186 valence electrons. The maximum Gasteiger partial charge on any atom is 0.280 e. The number of halogens is 2. The van der Waals surface area contributed by atoms with E-state index in [9.17, 15) is 22.5 Å². The molecule has 2 aliphatic rings. The van der Waals surface area contributed by atoms with Crippen LogP contribution in [0.15, 0.2) is 36.7 Å². The molecule has 0 bridgehead atoms. The predicted octanol–water partition coefficient (Wildman–Crippen LogP) is 5.25. The van der Waals surface area contributed by atoms with E-state index < -0.39 is 21.7 Å². The fourth-order valence-electron chi connectivity index (χ4n) is 3.96. The normalized spacial score (nSPS) is 15.6. The van der Waals surface area contributed by atoms with Gasteiger partial charge in [-0.05, 0) is 62.4 Å². The van der Waals surface area contributed by atoms with Gasteiger partial charge in [-0.3, -0.25) is 9.29 Å². The number of nitrogens with zero attached hydrogens (tertiary/aromatic N) is 5. The molecule has 2 saturated carbocycles. The average Bonchev–Trinajstić information content (AvgIpc) is 3.77. The van der Waals surface area contributed by atoms with Gasteiger partial charge in [-0.1, -0.05) is 0 Å². The van der Waals surface area contributed by atoms with Crippen molar-refractivity contribution < 1.29 is 21.9 Å². The Bertz CT molecular complexity index is 1480. The highest BCUT2D eigenvalue weighted by Gasteiger charge is 2.40. The smallest absolute Gasteiger partial charge is 0.280 e. The van der Waals surface area contributed by atoms with Crippen molar-refractivity contribution >= 4 is 15.7 Å². The molecule has 2 aliphatic carbocycles. The van der Waals surface area contributed by atoms with Crippen LogP contribution in [0.5, 0.6) is 11.6 Å². The molecule has 0 amide bonds. The quantitative estimate of drug-likeness (QED) is 0.406. The van der Waals surface area contributed by atoms with E-state index in [2.05, 4.69) is 15.0 Å². The largest absolute Gasteiger partial charge is 0.435 e. The molecule has 0 aliphatic heterocycles. The molecule has 0 N–H and O–H groups in total. The molecule has 2 fully saturated rings. The van der Waals surface area contributed by atoms with Gasteiger partial charge in [-0.25, -0.2) is 27.2 Å². The number of aromatic nitrogens is 3. The van der Waals surface area contributed by atoms with Crippen LogP contribution in [0, 0.1) is 18.3 Å². The molecular weight excluding hydrogens is 488 g/mol. The number of anilines is 1. The maximum atomic E-state index is 13.4. The number of aryl methyl sites for hydroxylation is 1. The van der Waals surface area contributed by atoms with Crippen LogP contribution >= 0.6 is 0 Å². The molecule has 8 nitrogen and oxygen atoms in total. The van der Waals surface area contributed by atoms with Crippen molar-refractivity contribution in [2.24, 2.45) is 0 Å². The molecule has 0 unspecified atom stereocenters. The summed E-state index contributed by atoms with van der Waals surface area (Å²) in [7, 11) is -2.17. The first kappa shape index (κ1) is 24.1. The molecule has 0 radical (unpaired) electrons. The number of nitriles is 1. The minimum absolute atomic E-state index is 0.00168. The van der Waals surface area contributed by atoms with E-state index >= 15 is 0 Å². The fraction of sp³-hybridized carbons (Fsp3) is 0.360. The third-order valence-corrected chi connectivity index (χ3v) is 8.53. The van der Waals surface area contributed by atoms with Gasteiger partial charge in [-0.15, -0.1) is 0 Å². The van der Waals surface area contributed by atoms with Gasteiger partial charge in [0.15, 0.2) is 5.75 Å². The van der Waals surface area contributed by atoms with Crippen molar-refractivity contribution in [1.29, 1.82) is 5.26 Å². The lowest BCUT2D eigenvalue weighted by molar-refractivity contribution is 0.145. The Morgan fingerprint density at radius 2 is 1.89 bits per heavy atom. The molecule has 11 heteroatoms. The Balaban J connectivity index is 1.63. The van der Waals surface area contributed by atoms with Crippen LogP contribution in [-0.4, -0.2) is 35.7 Å². The van der Waals surface area contributed by atoms with E-state index in [1.165, 1.54) is 25.5 Å². The lowest BCUT2D eigenvalue weighted by Crippen LogP contribution is -2.30. The van der Waals surface area contributed by atoms with Crippen molar-refractivity contribution in [3.05, 3.63) is 59.2 Å². The second kappa shape index (κ2) is 9.09. The van der Waals surface area contributed by atoms with Crippen molar-refractivity contribution in [3.63, 3.8) is 0 Å². The zero-order chi connectivity index (χ0) is 25.6. The summed E-state index contributed by atoms with van der Waals surface area (Å²) in [5, 5.41) is 8.78. The topological polar surface area (TPSA) is 109 Å². The first-order valence-corrected chi connectivity index (χ1v) is 13.0. The third kappa shape index (κ3) is 4.60. The zero-order valence-electron chi connectivity index (χ0n) is 19.6. The Kier molecular flexibility index (Phi) is 6.08. The molecule has 3 heterocycles. The number of hydrogen-bond donors (Lipinski definition) is 0. The Morgan fingerprint density at radius 3 is 2.53 bits per heavy atom. The van der Waals surface area contributed by atoms with E-state index in [-0.39, 0.29) is 23.2 Å². The third-order valence-electron chi connectivity index (χ3n) is 6.26. The van der Waals surface area contributed by atoms with Gasteiger partial charge in [0.25, 0.3) is 6.43 Å². The highest BCUT2D eigenvalue weighted by Crippen LogP contribution is 2.47. The number of hydrogen-bond acceptors (Lipinski definition) is 7. The number of ether oxygens (including phenoxy) is 1. The van der Waals surface area contributed by atoms with Crippen LogP contribution in [-0.2, 0) is 10.0 Å². The van der Waals surface area contributed by atoms with Crippen LogP contribution < -0.4 is 9.04 Å². The summed E-state index contributed by atoms with van der Waals surface area (Å²) in [6.45, 7) is 1.66. The van der Waals surface area contributed by atoms with Crippen LogP contribution in [0.2, 0.25) is 0 Å². The molecule has 0 aromatic carbocycles. The predicted molar refractivity (Wildman–Crippen MR) is 129 cm³/mol. The standard InChI is InChI=1S/C25H23F2N5O3S/c1-14-9-20(24(26)27)30-22(16-3-4-16)23(14)35-25-21(32(2)36(33,34)18-5-6-18)8-7-19(31-25)17-10-15(11-28)12-29-13-17/h7-10,12-13,16,18,24H,3-6H2,1-2H3. The molecule has 0 atom stereocenters. The number of sulfonamides is 1. The summed E-state index contributed by atoms with van der Waals surface area (Å²) >= 11 is 0. The summed E-state index contributed by atoms with van der Waals surface area (Å²) < 4.78 is 60.3. The lowest BCUT2D eigenvalue weighted by Gasteiger charge is -2.23. The molecule has 3 aromatic rings. The van der Waals surface area contributed by atoms with Crippen LogP contribution in [0.1, 0.15) is 60.5 Å². The second-order valence-corrected chi connectivity index (χ2v) is 11.3. The molecule has 5 rings (SSSR count). The molecule has 0 saturated heterocycles. The zero-order valence-corrected chi connectivity index (χ0v) is 20.5. The lowest BCUT2D eigenvalue weighted by atomic mass is 10.1. The average molecular weight is 512 g/mol. The number of alkyl halides is 2. The van der Waals surface area contributed by atoms with E-state index in [4.69, 9.17) is 4.74 Å². The van der Waals surface area contributed by atoms with Gasteiger partial charge >= 0.3 is 0 Å². The van der Waals surface area contributed by atoms with Gasteiger partial charge in [0, 0.05) is 30.9 Å². The minimum atomic E-state index is -3.62. The number of pyridine rings is 3. The van der Waals surface area contributed by atoms with E-state index in [1.807, 2.05) is 6.07 Å². The fourth-order valence-corrected chi connectivity index (χ4v) is 5.55. The van der Waals surface area contributed by atoms with E-state index in [1.54, 1.807) is 25.1 Å². The van der Waals surface area contributed by atoms with Crippen LogP contribution in [0.25, 0.3) is 11.3 Å².